The minimum absolute atomic E-state index is 0.0297. The highest BCUT2D eigenvalue weighted by atomic mass is 16.3. The smallest absolute Gasteiger partial charge is 0.224 e. The Bertz CT molecular complexity index is 587. The molecule has 1 heterocycles. The van der Waals surface area contributed by atoms with Crippen LogP contribution in [0.5, 0.6) is 0 Å². The molecule has 1 aromatic carbocycles. The van der Waals surface area contributed by atoms with Gasteiger partial charge in [-0.05, 0) is 43.7 Å². The molecule has 2 rings (SSSR count). The standard InChI is InChI=1S/C17H22N2O2/c1-4-17(20)19-15-8-6-14(7-9-15)13(3)18-11-16-10-5-12(2)21-16/h5-10,13,18H,4,11H2,1-3H3,(H,19,20)/t13-/m0/s1. The van der Waals surface area contributed by atoms with Crippen LogP contribution >= 0.6 is 0 Å². The molecule has 21 heavy (non-hydrogen) atoms. The van der Waals surface area contributed by atoms with Gasteiger partial charge in [0.1, 0.15) is 11.5 Å². The van der Waals surface area contributed by atoms with Crippen LogP contribution in [-0.4, -0.2) is 5.91 Å². The lowest BCUT2D eigenvalue weighted by Gasteiger charge is -2.14. The summed E-state index contributed by atoms with van der Waals surface area (Å²) in [4.78, 5) is 11.3. The van der Waals surface area contributed by atoms with Gasteiger partial charge in [-0.3, -0.25) is 4.79 Å². The van der Waals surface area contributed by atoms with Crippen LogP contribution in [0.2, 0.25) is 0 Å². The monoisotopic (exact) mass is 286 g/mol. The van der Waals surface area contributed by atoms with Gasteiger partial charge in [0.15, 0.2) is 0 Å². The van der Waals surface area contributed by atoms with E-state index in [-0.39, 0.29) is 11.9 Å². The number of amides is 1. The second-order valence-corrected chi connectivity index (χ2v) is 5.14. The maximum Gasteiger partial charge on any atom is 0.224 e. The van der Waals surface area contributed by atoms with Crippen molar-refractivity contribution in [3.8, 4) is 0 Å². The summed E-state index contributed by atoms with van der Waals surface area (Å²) in [5.41, 5.74) is 2.01. The third-order valence-electron chi connectivity index (χ3n) is 3.39. The number of anilines is 1. The van der Waals surface area contributed by atoms with E-state index in [9.17, 15) is 4.79 Å². The Morgan fingerprint density at radius 3 is 2.48 bits per heavy atom. The molecule has 0 unspecified atom stereocenters. The van der Waals surface area contributed by atoms with Gasteiger partial charge < -0.3 is 15.1 Å². The van der Waals surface area contributed by atoms with Crippen LogP contribution in [0.15, 0.2) is 40.8 Å². The minimum atomic E-state index is 0.0297. The van der Waals surface area contributed by atoms with Gasteiger partial charge in [0.2, 0.25) is 5.91 Å². The Balaban J connectivity index is 1.90. The van der Waals surface area contributed by atoms with Crippen molar-refractivity contribution in [2.75, 3.05) is 5.32 Å². The van der Waals surface area contributed by atoms with E-state index in [0.717, 1.165) is 17.2 Å². The first kappa shape index (κ1) is 15.3. The first-order valence-corrected chi connectivity index (χ1v) is 7.27. The average molecular weight is 286 g/mol. The second-order valence-electron chi connectivity index (χ2n) is 5.14. The summed E-state index contributed by atoms with van der Waals surface area (Å²) in [5.74, 6) is 1.89. The van der Waals surface area contributed by atoms with E-state index >= 15 is 0 Å². The highest BCUT2D eigenvalue weighted by molar-refractivity contribution is 5.90. The Morgan fingerprint density at radius 2 is 1.90 bits per heavy atom. The lowest BCUT2D eigenvalue weighted by Crippen LogP contribution is -2.17. The zero-order valence-electron chi connectivity index (χ0n) is 12.8. The molecular formula is C17H22N2O2. The fraction of sp³-hybridized carbons (Fsp3) is 0.353. The fourth-order valence-electron chi connectivity index (χ4n) is 2.06. The van der Waals surface area contributed by atoms with E-state index in [0.29, 0.717) is 13.0 Å². The normalized spacial score (nSPS) is 12.1. The number of nitrogens with one attached hydrogen (secondary N) is 2. The molecule has 0 aliphatic heterocycles. The van der Waals surface area contributed by atoms with Crippen molar-refractivity contribution in [1.82, 2.24) is 5.32 Å². The average Bonchev–Trinajstić information content (AvgIpc) is 2.91. The maximum atomic E-state index is 11.3. The number of benzene rings is 1. The third-order valence-corrected chi connectivity index (χ3v) is 3.39. The third kappa shape index (κ3) is 4.46. The van der Waals surface area contributed by atoms with Crippen molar-refractivity contribution in [3.63, 3.8) is 0 Å². The van der Waals surface area contributed by atoms with E-state index in [1.807, 2.05) is 50.2 Å². The van der Waals surface area contributed by atoms with Gasteiger partial charge >= 0.3 is 0 Å². The van der Waals surface area contributed by atoms with Crippen LogP contribution in [0.3, 0.4) is 0 Å². The highest BCUT2D eigenvalue weighted by Crippen LogP contribution is 2.17. The molecule has 4 heteroatoms. The molecular weight excluding hydrogens is 264 g/mol. The Kier molecular flexibility index (Phi) is 5.17. The second kappa shape index (κ2) is 7.09. The molecule has 2 aromatic rings. The van der Waals surface area contributed by atoms with Crippen molar-refractivity contribution >= 4 is 11.6 Å². The summed E-state index contributed by atoms with van der Waals surface area (Å²) in [7, 11) is 0. The molecule has 0 bridgehead atoms. The molecule has 112 valence electrons. The molecule has 0 radical (unpaired) electrons. The van der Waals surface area contributed by atoms with Crippen molar-refractivity contribution in [1.29, 1.82) is 0 Å². The minimum Gasteiger partial charge on any atom is -0.465 e. The summed E-state index contributed by atoms with van der Waals surface area (Å²) < 4.78 is 5.53. The SMILES string of the molecule is CCC(=O)Nc1ccc([C@H](C)NCc2ccc(C)o2)cc1. The molecule has 0 saturated carbocycles. The van der Waals surface area contributed by atoms with Gasteiger partial charge in [-0.15, -0.1) is 0 Å². The maximum absolute atomic E-state index is 11.3. The van der Waals surface area contributed by atoms with Gasteiger partial charge in [-0.1, -0.05) is 19.1 Å². The zero-order chi connectivity index (χ0) is 15.2. The van der Waals surface area contributed by atoms with Crippen LogP contribution in [0.1, 0.15) is 43.4 Å². The van der Waals surface area contributed by atoms with Gasteiger partial charge in [-0.2, -0.15) is 0 Å². The molecule has 1 atom stereocenters. The predicted octanol–water partition coefficient (Wildman–Crippen LogP) is 3.79. The Morgan fingerprint density at radius 1 is 1.19 bits per heavy atom. The van der Waals surface area contributed by atoms with Crippen molar-refractivity contribution in [3.05, 3.63) is 53.5 Å². The van der Waals surface area contributed by atoms with Crippen LogP contribution < -0.4 is 10.6 Å². The number of carbonyl (C=O) groups excluding carboxylic acids is 1. The van der Waals surface area contributed by atoms with Crippen LogP contribution in [0, 0.1) is 6.92 Å². The van der Waals surface area contributed by atoms with Gasteiger partial charge in [0.25, 0.3) is 0 Å². The number of aryl methyl sites for hydroxylation is 1. The largest absolute Gasteiger partial charge is 0.465 e. The summed E-state index contributed by atoms with van der Waals surface area (Å²) in [6.45, 7) is 6.58. The number of hydrogen-bond donors (Lipinski definition) is 2. The molecule has 2 N–H and O–H groups in total. The summed E-state index contributed by atoms with van der Waals surface area (Å²) in [6.07, 6.45) is 0.488. The van der Waals surface area contributed by atoms with Crippen LogP contribution in [0.4, 0.5) is 5.69 Å². The van der Waals surface area contributed by atoms with E-state index in [4.69, 9.17) is 4.42 Å². The van der Waals surface area contributed by atoms with Crippen LogP contribution in [-0.2, 0) is 11.3 Å². The Labute approximate surface area is 125 Å². The van der Waals surface area contributed by atoms with Crippen LogP contribution in [0.25, 0.3) is 0 Å². The topological polar surface area (TPSA) is 54.3 Å². The molecule has 1 amide bonds. The molecule has 0 saturated heterocycles. The van der Waals surface area contributed by atoms with Crippen molar-refractivity contribution < 1.29 is 9.21 Å². The molecule has 1 aromatic heterocycles. The van der Waals surface area contributed by atoms with E-state index < -0.39 is 0 Å². The highest BCUT2D eigenvalue weighted by Gasteiger charge is 2.07. The molecule has 0 spiro atoms. The van der Waals surface area contributed by atoms with Gasteiger partial charge in [0, 0.05) is 18.2 Å². The van der Waals surface area contributed by atoms with E-state index in [1.165, 1.54) is 5.56 Å². The van der Waals surface area contributed by atoms with E-state index in [1.54, 1.807) is 0 Å². The molecule has 0 aliphatic rings. The predicted molar refractivity (Wildman–Crippen MR) is 84.1 cm³/mol. The lowest BCUT2D eigenvalue weighted by atomic mass is 10.1. The molecule has 0 aliphatic carbocycles. The fourth-order valence-corrected chi connectivity index (χ4v) is 2.06. The van der Waals surface area contributed by atoms with Crippen molar-refractivity contribution in [2.24, 2.45) is 0 Å². The zero-order valence-corrected chi connectivity index (χ0v) is 12.8. The number of hydrogen-bond acceptors (Lipinski definition) is 3. The van der Waals surface area contributed by atoms with E-state index in [2.05, 4.69) is 17.6 Å². The van der Waals surface area contributed by atoms with Crippen molar-refractivity contribution in [2.45, 2.75) is 39.8 Å². The Hall–Kier alpha value is -2.07. The number of rotatable bonds is 6. The first-order valence-electron chi connectivity index (χ1n) is 7.27. The first-order chi connectivity index (χ1) is 10.1. The summed E-state index contributed by atoms with van der Waals surface area (Å²) in [5, 5.41) is 6.26. The van der Waals surface area contributed by atoms with Gasteiger partial charge in [-0.25, -0.2) is 0 Å². The number of carbonyl (C=O) groups is 1. The quantitative estimate of drug-likeness (QED) is 0.849. The summed E-state index contributed by atoms with van der Waals surface area (Å²) in [6, 6.07) is 12.1. The number of furan rings is 1. The lowest BCUT2D eigenvalue weighted by molar-refractivity contribution is -0.115. The van der Waals surface area contributed by atoms with Gasteiger partial charge in [0.05, 0.1) is 6.54 Å². The molecule has 4 nitrogen and oxygen atoms in total. The molecule has 0 fully saturated rings. The summed E-state index contributed by atoms with van der Waals surface area (Å²) >= 11 is 0.